The smallest absolute Gasteiger partial charge is 0.467 e. The highest BCUT2D eigenvalue weighted by atomic mass is 28.4. The zero-order chi connectivity index (χ0) is 12.8. The van der Waals surface area contributed by atoms with Crippen LogP contribution in [0, 0.1) is 0 Å². The van der Waals surface area contributed by atoms with Crippen LogP contribution in [0.5, 0.6) is 0 Å². The first kappa shape index (κ1) is 14.8. The van der Waals surface area contributed by atoms with Crippen LogP contribution in [0.1, 0.15) is 27.7 Å². The van der Waals surface area contributed by atoms with Gasteiger partial charge in [0.1, 0.15) is 0 Å². The highest BCUT2D eigenvalue weighted by Crippen LogP contribution is 2.20. The molecule has 0 aromatic carbocycles. The van der Waals surface area contributed by atoms with Gasteiger partial charge >= 0.3 is 9.05 Å². The lowest BCUT2D eigenvalue weighted by atomic mass is 10.7. The van der Waals surface area contributed by atoms with E-state index in [1.807, 2.05) is 6.92 Å². The minimum atomic E-state index is -3.28. The number of rotatable bonds is 8. The molecule has 92 valence electrons. The summed E-state index contributed by atoms with van der Waals surface area (Å²) in [4.78, 5) is 0. The average Bonchev–Trinajstić information content (AvgIpc) is 1.98. The molecule has 0 unspecified atom stereocenters. The SMILES string of the molecule is C=C(C)O[Si](OCC)(OC(=C)C)OC(=C)C. The van der Waals surface area contributed by atoms with E-state index >= 15 is 0 Å². The van der Waals surface area contributed by atoms with Crippen LogP contribution in [-0.4, -0.2) is 15.7 Å². The van der Waals surface area contributed by atoms with Crippen molar-refractivity contribution in [3.05, 3.63) is 37.0 Å². The molecule has 0 saturated carbocycles. The van der Waals surface area contributed by atoms with Gasteiger partial charge in [0.15, 0.2) is 0 Å². The lowest BCUT2D eigenvalue weighted by molar-refractivity contribution is 0.0247. The van der Waals surface area contributed by atoms with Crippen LogP contribution in [0.2, 0.25) is 0 Å². The molecule has 0 spiro atoms. The van der Waals surface area contributed by atoms with Crippen LogP contribution in [0.4, 0.5) is 0 Å². The Balaban J connectivity index is 4.93. The van der Waals surface area contributed by atoms with Crippen molar-refractivity contribution < 1.29 is 17.7 Å². The largest absolute Gasteiger partial charge is 0.892 e. The Bertz CT molecular complexity index is 245. The Morgan fingerprint density at radius 3 is 1.38 bits per heavy atom. The summed E-state index contributed by atoms with van der Waals surface area (Å²) in [5.41, 5.74) is 0. The molecule has 0 atom stereocenters. The summed E-state index contributed by atoms with van der Waals surface area (Å²) < 4.78 is 21.8. The first-order valence-corrected chi connectivity index (χ1v) is 6.62. The minimum Gasteiger partial charge on any atom is -0.467 e. The molecule has 0 aromatic rings. The zero-order valence-corrected chi connectivity index (χ0v) is 11.5. The van der Waals surface area contributed by atoms with Crippen molar-refractivity contribution >= 4 is 9.05 Å². The Morgan fingerprint density at radius 2 is 1.19 bits per heavy atom. The molecule has 0 N–H and O–H groups in total. The third-order valence-corrected chi connectivity index (χ3v) is 3.66. The van der Waals surface area contributed by atoms with E-state index in [9.17, 15) is 0 Å². The van der Waals surface area contributed by atoms with Crippen LogP contribution in [0.25, 0.3) is 0 Å². The predicted octanol–water partition coefficient (Wildman–Crippen LogP) is 3.11. The van der Waals surface area contributed by atoms with E-state index in [1.165, 1.54) is 0 Å². The molecule has 0 heterocycles. The van der Waals surface area contributed by atoms with Gasteiger partial charge in [0.05, 0.1) is 17.3 Å². The van der Waals surface area contributed by atoms with Crippen LogP contribution in [0.3, 0.4) is 0 Å². The molecule has 0 saturated heterocycles. The molecular formula is C11H20O4Si. The van der Waals surface area contributed by atoms with Gasteiger partial charge in [-0.2, -0.15) is 0 Å². The fourth-order valence-corrected chi connectivity index (χ4v) is 2.90. The first-order chi connectivity index (χ1) is 7.31. The van der Waals surface area contributed by atoms with Gasteiger partial charge in [0.25, 0.3) is 0 Å². The van der Waals surface area contributed by atoms with E-state index in [-0.39, 0.29) is 0 Å². The minimum absolute atomic E-state index is 0.403. The Hall–Kier alpha value is -1.20. The van der Waals surface area contributed by atoms with Crippen molar-refractivity contribution in [2.24, 2.45) is 0 Å². The highest BCUT2D eigenvalue weighted by Gasteiger charge is 2.54. The lowest BCUT2D eigenvalue weighted by Gasteiger charge is -2.27. The average molecular weight is 244 g/mol. The van der Waals surface area contributed by atoms with Crippen molar-refractivity contribution in [2.45, 2.75) is 27.7 Å². The summed E-state index contributed by atoms with van der Waals surface area (Å²) in [6, 6.07) is 0. The maximum Gasteiger partial charge on any atom is 0.892 e. The van der Waals surface area contributed by atoms with E-state index in [0.717, 1.165) is 0 Å². The summed E-state index contributed by atoms with van der Waals surface area (Å²) >= 11 is 0. The zero-order valence-electron chi connectivity index (χ0n) is 10.5. The molecule has 0 amide bonds. The molecule has 16 heavy (non-hydrogen) atoms. The lowest BCUT2D eigenvalue weighted by Crippen LogP contribution is -2.47. The maximum atomic E-state index is 5.46. The highest BCUT2D eigenvalue weighted by molar-refractivity contribution is 6.54. The summed E-state index contributed by atoms with van der Waals surface area (Å²) in [5.74, 6) is 1.38. The van der Waals surface area contributed by atoms with Gasteiger partial charge in [0.2, 0.25) is 0 Å². The Kier molecular flexibility index (Phi) is 5.91. The third kappa shape index (κ3) is 5.62. The van der Waals surface area contributed by atoms with Gasteiger partial charge in [-0.3, -0.25) is 0 Å². The first-order valence-electron chi connectivity index (χ1n) is 4.99. The molecule has 0 fully saturated rings. The molecular weight excluding hydrogens is 224 g/mol. The van der Waals surface area contributed by atoms with Gasteiger partial charge in [0, 0.05) is 6.61 Å². The quantitative estimate of drug-likeness (QED) is 0.485. The van der Waals surface area contributed by atoms with Crippen LogP contribution >= 0.6 is 0 Å². The fourth-order valence-electron chi connectivity index (χ4n) is 0.968. The number of allylic oxidation sites excluding steroid dienone is 3. The number of hydrogen-bond acceptors (Lipinski definition) is 4. The van der Waals surface area contributed by atoms with Gasteiger partial charge in [-0.15, -0.1) is 0 Å². The molecule has 4 nitrogen and oxygen atoms in total. The van der Waals surface area contributed by atoms with Crippen molar-refractivity contribution in [3.63, 3.8) is 0 Å². The molecule has 0 aliphatic heterocycles. The van der Waals surface area contributed by atoms with E-state index in [4.69, 9.17) is 17.7 Å². The topological polar surface area (TPSA) is 36.9 Å². The predicted molar refractivity (Wildman–Crippen MR) is 65.1 cm³/mol. The van der Waals surface area contributed by atoms with Gasteiger partial charge in [-0.25, -0.2) is 0 Å². The fraction of sp³-hybridized carbons (Fsp3) is 0.455. The van der Waals surface area contributed by atoms with Crippen molar-refractivity contribution in [3.8, 4) is 0 Å². The van der Waals surface area contributed by atoms with Crippen molar-refractivity contribution in [1.29, 1.82) is 0 Å². The van der Waals surface area contributed by atoms with Gasteiger partial charge < -0.3 is 17.7 Å². The standard InChI is InChI=1S/C11H20O4Si/c1-8-12-16(13-9(2)3,14-10(4)5)15-11(6)7/h2,4,6,8H2,1,3,5,7H3. The van der Waals surface area contributed by atoms with Crippen LogP contribution in [-0.2, 0) is 17.7 Å². The molecule has 0 bridgehead atoms. The summed E-state index contributed by atoms with van der Waals surface area (Å²) in [5, 5.41) is 0. The normalized spacial score (nSPS) is 10.5. The van der Waals surface area contributed by atoms with Crippen molar-refractivity contribution in [2.75, 3.05) is 6.61 Å². The summed E-state index contributed by atoms with van der Waals surface area (Å²) in [6.45, 7) is 18.3. The molecule has 5 heteroatoms. The second-order valence-electron chi connectivity index (χ2n) is 3.35. The monoisotopic (exact) mass is 244 g/mol. The van der Waals surface area contributed by atoms with Crippen molar-refractivity contribution in [1.82, 2.24) is 0 Å². The number of hydrogen-bond donors (Lipinski definition) is 0. The van der Waals surface area contributed by atoms with E-state index in [0.29, 0.717) is 23.9 Å². The Labute approximate surface area is 98.6 Å². The summed E-state index contributed by atoms with van der Waals surface area (Å²) in [6.07, 6.45) is 0. The summed E-state index contributed by atoms with van der Waals surface area (Å²) in [7, 11) is -3.28. The Morgan fingerprint density at radius 1 is 0.875 bits per heavy atom. The molecule has 0 radical (unpaired) electrons. The molecule has 0 aliphatic rings. The maximum absolute atomic E-state index is 5.46. The molecule has 0 rings (SSSR count). The van der Waals surface area contributed by atoms with Gasteiger partial charge in [-0.1, -0.05) is 19.7 Å². The van der Waals surface area contributed by atoms with E-state index in [1.54, 1.807) is 20.8 Å². The second kappa shape index (κ2) is 6.39. The van der Waals surface area contributed by atoms with E-state index < -0.39 is 9.05 Å². The van der Waals surface area contributed by atoms with Gasteiger partial charge in [-0.05, 0) is 27.7 Å². The van der Waals surface area contributed by atoms with E-state index in [2.05, 4.69) is 19.7 Å². The third-order valence-electron chi connectivity index (χ3n) is 1.22. The molecule has 0 aromatic heterocycles. The second-order valence-corrected chi connectivity index (χ2v) is 5.25. The van der Waals surface area contributed by atoms with Crippen LogP contribution in [0.15, 0.2) is 37.0 Å². The van der Waals surface area contributed by atoms with Crippen LogP contribution < -0.4 is 0 Å². The molecule has 0 aliphatic carbocycles.